The van der Waals surface area contributed by atoms with E-state index in [1.807, 2.05) is 0 Å². The third-order valence-electron chi connectivity index (χ3n) is 3.68. The second-order valence-electron chi connectivity index (χ2n) is 5.68. The third-order valence-corrected chi connectivity index (χ3v) is 3.68. The van der Waals surface area contributed by atoms with Crippen LogP contribution in [0.3, 0.4) is 0 Å². The average Bonchev–Trinajstić information content (AvgIpc) is 2.46. The highest BCUT2D eigenvalue weighted by atomic mass is 16.5. The molecule has 1 N–H and O–H groups in total. The number of benzene rings is 1. The Hall–Kier alpha value is -0.860. The van der Waals surface area contributed by atoms with Gasteiger partial charge < -0.3 is 10.1 Å². The molecule has 20 heavy (non-hydrogen) atoms. The zero-order valence-electron chi connectivity index (χ0n) is 13.5. The van der Waals surface area contributed by atoms with Crippen LogP contribution in [0.1, 0.15) is 50.7 Å². The summed E-state index contributed by atoms with van der Waals surface area (Å²) in [7, 11) is 1.74. The molecule has 0 aromatic heterocycles. The smallest absolute Gasteiger partial charge is 0.0587 e. The minimum atomic E-state index is 0.501. The monoisotopic (exact) mass is 277 g/mol. The zero-order chi connectivity index (χ0) is 14.6. The van der Waals surface area contributed by atoms with Crippen molar-refractivity contribution in [1.29, 1.82) is 0 Å². The minimum absolute atomic E-state index is 0.501. The Bertz CT molecular complexity index is 334. The molecule has 114 valence electrons. The van der Waals surface area contributed by atoms with Crippen LogP contribution in [-0.4, -0.2) is 26.3 Å². The standard InChI is InChI=1S/C18H31NO/c1-4-5-6-7-8-17-9-11-18(12-10-17)15-16(2)19-13-14-20-3/h9-12,16,19H,4-8,13-15H2,1-3H3. The van der Waals surface area contributed by atoms with Gasteiger partial charge in [-0.25, -0.2) is 0 Å². The molecule has 2 nitrogen and oxygen atoms in total. The molecule has 1 atom stereocenters. The molecule has 2 heteroatoms. The van der Waals surface area contributed by atoms with Gasteiger partial charge in [-0.3, -0.25) is 0 Å². The molecule has 0 aliphatic heterocycles. The minimum Gasteiger partial charge on any atom is -0.383 e. The van der Waals surface area contributed by atoms with Crippen LogP contribution >= 0.6 is 0 Å². The summed E-state index contributed by atoms with van der Waals surface area (Å²) in [5, 5.41) is 3.47. The number of aryl methyl sites for hydroxylation is 1. The lowest BCUT2D eigenvalue weighted by Gasteiger charge is -2.13. The Labute approximate surface area is 124 Å². The summed E-state index contributed by atoms with van der Waals surface area (Å²) < 4.78 is 5.05. The second kappa shape index (κ2) is 10.9. The second-order valence-corrected chi connectivity index (χ2v) is 5.68. The van der Waals surface area contributed by atoms with Crippen LogP contribution in [0.4, 0.5) is 0 Å². The predicted octanol–water partition coefficient (Wildman–Crippen LogP) is 3.98. The van der Waals surface area contributed by atoms with Crippen LogP contribution in [0.5, 0.6) is 0 Å². The first-order chi connectivity index (χ1) is 9.76. The lowest BCUT2D eigenvalue weighted by atomic mass is 10.0. The maximum Gasteiger partial charge on any atom is 0.0587 e. The molecule has 0 aliphatic rings. The molecular formula is C18H31NO. The molecule has 0 fully saturated rings. The summed E-state index contributed by atoms with van der Waals surface area (Å²) >= 11 is 0. The van der Waals surface area contributed by atoms with Crippen molar-refractivity contribution < 1.29 is 4.74 Å². The molecule has 0 aliphatic carbocycles. The van der Waals surface area contributed by atoms with Crippen molar-refractivity contribution in [3.8, 4) is 0 Å². The van der Waals surface area contributed by atoms with Crippen molar-refractivity contribution in [1.82, 2.24) is 5.32 Å². The summed E-state index contributed by atoms with van der Waals surface area (Å²) in [6.45, 7) is 6.19. The molecule has 0 heterocycles. The van der Waals surface area contributed by atoms with Crippen LogP contribution in [-0.2, 0) is 17.6 Å². The van der Waals surface area contributed by atoms with E-state index in [9.17, 15) is 0 Å². The first-order valence-corrected chi connectivity index (χ1v) is 8.06. The van der Waals surface area contributed by atoms with Crippen LogP contribution in [0, 0.1) is 0 Å². The number of rotatable bonds is 11. The predicted molar refractivity (Wildman–Crippen MR) is 87.3 cm³/mol. The van der Waals surface area contributed by atoms with Gasteiger partial charge in [-0.05, 0) is 37.3 Å². The Morgan fingerprint density at radius 2 is 1.75 bits per heavy atom. The highest BCUT2D eigenvalue weighted by Gasteiger charge is 2.03. The molecular weight excluding hydrogens is 246 g/mol. The Morgan fingerprint density at radius 3 is 2.40 bits per heavy atom. The van der Waals surface area contributed by atoms with Crippen molar-refractivity contribution in [3.05, 3.63) is 35.4 Å². The van der Waals surface area contributed by atoms with E-state index in [0.717, 1.165) is 19.6 Å². The van der Waals surface area contributed by atoms with E-state index in [-0.39, 0.29) is 0 Å². The van der Waals surface area contributed by atoms with E-state index in [0.29, 0.717) is 6.04 Å². The first kappa shape index (κ1) is 17.2. The summed E-state index contributed by atoms with van der Waals surface area (Å²) in [5.74, 6) is 0. The fourth-order valence-electron chi connectivity index (χ4n) is 2.43. The van der Waals surface area contributed by atoms with Gasteiger partial charge in [-0.15, -0.1) is 0 Å². The highest BCUT2D eigenvalue weighted by Crippen LogP contribution is 2.11. The molecule has 0 saturated carbocycles. The molecule has 0 saturated heterocycles. The lowest BCUT2D eigenvalue weighted by molar-refractivity contribution is 0.196. The van der Waals surface area contributed by atoms with Gasteiger partial charge in [0, 0.05) is 19.7 Å². The molecule has 0 radical (unpaired) electrons. The molecule has 1 rings (SSSR count). The maximum atomic E-state index is 5.05. The average molecular weight is 277 g/mol. The van der Waals surface area contributed by atoms with E-state index >= 15 is 0 Å². The number of nitrogens with one attached hydrogen (secondary N) is 1. The summed E-state index contributed by atoms with van der Waals surface area (Å²) in [5.41, 5.74) is 2.89. The number of hydrogen-bond acceptors (Lipinski definition) is 2. The fourth-order valence-corrected chi connectivity index (χ4v) is 2.43. The molecule has 0 bridgehead atoms. The van der Waals surface area contributed by atoms with Crippen LogP contribution in [0.25, 0.3) is 0 Å². The van der Waals surface area contributed by atoms with Gasteiger partial charge in [0.05, 0.1) is 6.61 Å². The SMILES string of the molecule is CCCCCCc1ccc(CC(C)NCCOC)cc1. The van der Waals surface area contributed by atoms with Crippen molar-refractivity contribution in [2.45, 2.75) is 58.4 Å². The quantitative estimate of drug-likeness (QED) is 0.618. The van der Waals surface area contributed by atoms with Crippen LogP contribution in [0.2, 0.25) is 0 Å². The zero-order valence-corrected chi connectivity index (χ0v) is 13.5. The molecule has 0 spiro atoms. The number of ether oxygens (including phenoxy) is 1. The number of hydrogen-bond donors (Lipinski definition) is 1. The summed E-state index contributed by atoms with van der Waals surface area (Å²) in [4.78, 5) is 0. The number of unbranched alkanes of at least 4 members (excludes halogenated alkanes) is 3. The highest BCUT2D eigenvalue weighted by molar-refractivity contribution is 5.23. The fraction of sp³-hybridized carbons (Fsp3) is 0.667. The van der Waals surface area contributed by atoms with Crippen molar-refractivity contribution in [2.24, 2.45) is 0 Å². The first-order valence-electron chi connectivity index (χ1n) is 8.06. The lowest BCUT2D eigenvalue weighted by Crippen LogP contribution is -2.30. The molecule has 1 aromatic rings. The van der Waals surface area contributed by atoms with Gasteiger partial charge in [0.1, 0.15) is 0 Å². The van der Waals surface area contributed by atoms with E-state index in [2.05, 4.69) is 43.4 Å². The largest absolute Gasteiger partial charge is 0.383 e. The van der Waals surface area contributed by atoms with E-state index in [1.165, 1.54) is 43.2 Å². The molecule has 1 aromatic carbocycles. The normalized spacial score (nSPS) is 12.6. The Kier molecular flexibility index (Phi) is 9.35. The summed E-state index contributed by atoms with van der Waals surface area (Å²) in [6, 6.07) is 9.65. The van der Waals surface area contributed by atoms with Crippen LogP contribution < -0.4 is 5.32 Å². The van der Waals surface area contributed by atoms with E-state index in [1.54, 1.807) is 7.11 Å². The van der Waals surface area contributed by atoms with Gasteiger partial charge in [-0.2, -0.15) is 0 Å². The van der Waals surface area contributed by atoms with Crippen LogP contribution in [0.15, 0.2) is 24.3 Å². The Morgan fingerprint density at radius 1 is 1.05 bits per heavy atom. The van der Waals surface area contributed by atoms with Gasteiger partial charge >= 0.3 is 0 Å². The maximum absolute atomic E-state index is 5.05. The number of methoxy groups -OCH3 is 1. The molecule has 0 amide bonds. The van der Waals surface area contributed by atoms with Crippen molar-refractivity contribution in [2.75, 3.05) is 20.3 Å². The third kappa shape index (κ3) is 7.66. The Balaban J connectivity index is 2.27. The summed E-state index contributed by atoms with van der Waals surface area (Å²) in [6.07, 6.45) is 7.66. The van der Waals surface area contributed by atoms with Gasteiger partial charge in [-0.1, -0.05) is 50.5 Å². The van der Waals surface area contributed by atoms with E-state index < -0.39 is 0 Å². The van der Waals surface area contributed by atoms with Gasteiger partial charge in [0.15, 0.2) is 0 Å². The molecule has 1 unspecified atom stereocenters. The van der Waals surface area contributed by atoms with Gasteiger partial charge in [0.2, 0.25) is 0 Å². The topological polar surface area (TPSA) is 21.3 Å². The van der Waals surface area contributed by atoms with E-state index in [4.69, 9.17) is 4.74 Å². The van der Waals surface area contributed by atoms with Crippen molar-refractivity contribution >= 4 is 0 Å². The van der Waals surface area contributed by atoms with Gasteiger partial charge in [0.25, 0.3) is 0 Å². The van der Waals surface area contributed by atoms with Crippen molar-refractivity contribution in [3.63, 3.8) is 0 Å².